The Hall–Kier alpha value is -0.353. The van der Waals surface area contributed by atoms with Crippen molar-refractivity contribution in [2.45, 2.75) is 44.1 Å². The van der Waals surface area contributed by atoms with Gasteiger partial charge < -0.3 is 10.4 Å². The van der Waals surface area contributed by atoms with Gasteiger partial charge in [-0.05, 0) is 37.6 Å². The van der Waals surface area contributed by atoms with E-state index in [9.17, 15) is 5.11 Å². The van der Waals surface area contributed by atoms with E-state index in [2.05, 4.69) is 30.5 Å². The number of hydrogen-bond donors (Lipinski definition) is 2. The Morgan fingerprint density at radius 3 is 2.61 bits per heavy atom. The summed E-state index contributed by atoms with van der Waals surface area (Å²) >= 11 is 5.93. The molecule has 1 aromatic carbocycles. The minimum absolute atomic E-state index is 0.218. The summed E-state index contributed by atoms with van der Waals surface area (Å²) in [6.07, 6.45) is 2.07. The fourth-order valence-electron chi connectivity index (χ4n) is 2.72. The van der Waals surface area contributed by atoms with E-state index in [0.717, 1.165) is 24.0 Å². The maximum absolute atomic E-state index is 10.3. The molecule has 0 amide bonds. The molecule has 1 aromatic rings. The normalized spacial score (nSPS) is 22.1. The second-order valence-electron chi connectivity index (χ2n) is 5.87. The van der Waals surface area contributed by atoms with Gasteiger partial charge in [-0.15, -0.1) is 0 Å². The first kappa shape index (κ1) is 14.1. The monoisotopic (exact) mass is 283 g/mol. The summed E-state index contributed by atoms with van der Waals surface area (Å²) in [7, 11) is -1.58. The first-order valence-corrected chi connectivity index (χ1v) is 10.2. The summed E-state index contributed by atoms with van der Waals surface area (Å²) < 4.78 is 0. The van der Waals surface area contributed by atoms with Crippen molar-refractivity contribution in [3.05, 3.63) is 29.3 Å². The van der Waals surface area contributed by atoms with E-state index in [0.29, 0.717) is 6.04 Å². The van der Waals surface area contributed by atoms with Gasteiger partial charge in [-0.25, -0.2) is 0 Å². The molecule has 0 saturated carbocycles. The lowest BCUT2D eigenvalue weighted by Crippen LogP contribution is -2.48. The highest BCUT2D eigenvalue weighted by Gasteiger charge is 2.31. The SMILES string of the molecule is C[Si](C)(CC(O)[C@@H]1CCCN1)c1ccc(Cl)cc1. The molecule has 1 saturated heterocycles. The lowest BCUT2D eigenvalue weighted by Gasteiger charge is -2.29. The number of aliphatic hydroxyl groups is 1. The molecule has 1 heterocycles. The van der Waals surface area contributed by atoms with Gasteiger partial charge in [0, 0.05) is 11.1 Å². The molecule has 100 valence electrons. The Morgan fingerprint density at radius 2 is 2.06 bits per heavy atom. The lowest BCUT2D eigenvalue weighted by atomic mass is 10.1. The topological polar surface area (TPSA) is 32.3 Å². The third kappa shape index (κ3) is 3.35. The predicted molar refractivity (Wildman–Crippen MR) is 80.4 cm³/mol. The predicted octanol–water partition coefficient (Wildman–Crippen LogP) is 2.37. The largest absolute Gasteiger partial charge is 0.392 e. The second-order valence-corrected chi connectivity index (χ2v) is 11.1. The summed E-state index contributed by atoms with van der Waals surface area (Å²) in [6.45, 7) is 5.67. The van der Waals surface area contributed by atoms with Crippen LogP contribution in [-0.2, 0) is 0 Å². The fourth-order valence-corrected chi connectivity index (χ4v) is 5.48. The molecule has 2 rings (SSSR count). The molecule has 1 aliphatic heterocycles. The zero-order valence-corrected chi connectivity index (χ0v) is 12.9. The first-order chi connectivity index (χ1) is 8.49. The van der Waals surface area contributed by atoms with Crippen molar-refractivity contribution in [2.24, 2.45) is 0 Å². The first-order valence-electron chi connectivity index (χ1n) is 6.66. The van der Waals surface area contributed by atoms with Crippen molar-refractivity contribution < 1.29 is 5.11 Å². The quantitative estimate of drug-likeness (QED) is 0.832. The number of hydrogen-bond acceptors (Lipinski definition) is 2. The smallest absolute Gasteiger partial charge is 0.0832 e. The van der Waals surface area contributed by atoms with E-state index in [4.69, 9.17) is 11.6 Å². The van der Waals surface area contributed by atoms with Gasteiger partial charge in [-0.2, -0.15) is 0 Å². The highest BCUT2D eigenvalue weighted by atomic mass is 35.5. The molecule has 2 nitrogen and oxygen atoms in total. The maximum atomic E-state index is 10.3. The fraction of sp³-hybridized carbons (Fsp3) is 0.571. The Kier molecular flexibility index (Phi) is 4.48. The molecular formula is C14H22ClNOSi. The zero-order chi connectivity index (χ0) is 13.2. The van der Waals surface area contributed by atoms with E-state index < -0.39 is 8.07 Å². The van der Waals surface area contributed by atoms with Crippen LogP contribution in [0.15, 0.2) is 24.3 Å². The lowest BCUT2D eigenvalue weighted by molar-refractivity contribution is 0.153. The second kappa shape index (κ2) is 5.74. The molecule has 0 aromatic heterocycles. The highest BCUT2D eigenvalue weighted by molar-refractivity contribution is 6.89. The Labute approximate surface area is 115 Å². The van der Waals surface area contributed by atoms with Crippen LogP contribution in [0.5, 0.6) is 0 Å². The van der Waals surface area contributed by atoms with Crippen molar-refractivity contribution in [1.29, 1.82) is 0 Å². The number of rotatable bonds is 4. The molecule has 0 bridgehead atoms. The molecule has 1 unspecified atom stereocenters. The van der Waals surface area contributed by atoms with Gasteiger partial charge in [0.1, 0.15) is 0 Å². The van der Waals surface area contributed by atoms with Crippen LogP contribution in [-0.4, -0.2) is 31.9 Å². The summed E-state index contributed by atoms with van der Waals surface area (Å²) in [5, 5.41) is 15.9. The van der Waals surface area contributed by atoms with Crippen LogP contribution in [0.4, 0.5) is 0 Å². The van der Waals surface area contributed by atoms with E-state index in [1.807, 2.05) is 12.1 Å². The van der Waals surface area contributed by atoms with Crippen LogP contribution in [0.1, 0.15) is 12.8 Å². The average molecular weight is 284 g/mol. The number of halogens is 1. The van der Waals surface area contributed by atoms with Gasteiger partial charge >= 0.3 is 0 Å². The molecule has 4 heteroatoms. The van der Waals surface area contributed by atoms with Crippen molar-refractivity contribution in [3.8, 4) is 0 Å². The molecule has 2 N–H and O–H groups in total. The molecule has 1 aliphatic rings. The third-order valence-corrected chi connectivity index (χ3v) is 7.50. The van der Waals surface area contributed by atoms with Gasteiger partial charge in [0.2, 0.25) is 0 Å². The Balaban J connectivity index is 2.03. The van der Waals surface area contributed by atoms with E-state index in [1.165, 1.54) is 11.6 Å². The standard InChI is InChI=1S/C14H22ClNOSi/c1-18(2,12-7-5-11(15)6-8-12)10-14(17)13-4-3-9-16-13/h5-8,13-14,16-17H,3-4,9-10H2,1-2H3/t13-,14?/m0/s1. The van der Waals surface area contributed by atoms with Gasteiger partial charge in [-0.3, -0.25) is 0 Å². The van der Waals surface area contributed by atoms with E-state index in [-0.39, 0.29) is 6.10 Å². The van der Waals surface area contributed by atoms with Crippen molar-refractivity contribution in [1.82, 2.24) is 5.32 Å². The zero-order valence-electron chi connectivity index (χ0n) is 11.1. The van der Waals surface area contributed by atoms with E-state index >= 15 is 0 Å². The van der Waals surface area contributed by atoms with Crippen LogP contribution in [0, 0.1) is 0 Å². The summed E-state index contributed by atoms with van der Waals surface area (Å²) in [4.78, 5) is 0. The number of aliphatic hydroxyl groups excluding tert-OH is 1. The molecule has 0 aliphatic carbocycles. The van der Waals surface area contributed by atoms with Crippen LogP contribution >= 0.6 is 11.6 Å². The van der Waals surface area contributed by atoms with Crippen molar-refractivity contribution >= 4 is 24.9 Å². The molecular weight excluding hydrogens is 262 g/mol. The molecule has 2 atom stereocenters. The summed E-state index contributed by atoms with van der Waals surface area (Å²) in [5.41, 5.74) is 0. The number of benzene rings is 1. The molecule has 0 spiro atoms. The van der Waals surface area contributed by atoms with Crippen LogP contribution in [0.3, 0.4) is 0 Å². The van der Waals surface area contributed by atoms with Crippen LogP contribution < -0.4 is 10.5 Å². The van der Waals surface area contributed by atoms with Gasteiger partial charge in [0.15, 0.2) is 0 Å². The maximum Gasteiger partial charge on any atom is 0.0832 e. The van der Waals surface area contributed by atoms with Gasteiger partial charge in [0.25, 0.3) is 0 Å². The summed E-state index contributed by atoms with van der Waals surface area (Å²) in [5.74, 6) is 0. The van der Waals surface area contributed by atoms with Crippen LogP contribution in [0.25, 0.3) is 0 Å². The van der Waals surface area contributed by atoms with Gasteiger partial charge in [-0.1, -0.05) is 42.0 Å². The summed E-state index contributed by atoms with van der Waals surface area (Å²) in [6, 6.07) is 9.33. The van der Waals surface area contributed by atoms with Crippen molar-refractivity contribution in [2.75, 3.05) is 6.54 Å². The Morgan fingerprint density at radius 1 is 1.39 bits per heavy atom. The molecule has 1 fully saturated rings. The number of nitrogens with one attached hydrogen (secondary N) is 1. The molecule has 0 radical (unpaired) electrons. The highest BCUT2D eigenvalue weighted by Crippen LogP contribution is 2.20. The third-order valence-electron chi connectivity index (χ3n) is 3.91. The van der Waals surface area contributed by atoms with Crippen molar-refractivity contribution in [3.63, 3.8) is 0 Å². The average Bonchev–Trinajstić information content (AvgIpc) is 2.82. The molecule has 18 heavy (non-hydrogen) atoms. The van der Waals surface area contributed by atoms with Crippen LogP contribution in [0.2, 0.25) is 24.2 Å². The van der Waals surface area contributed by atoms with Gasteiger partial charge in [0.05, 0.1) is 14.2 Å². The van der Waals surface area contributed by atoms with E-state index in [1.54, 1.807) is 0 Å². The minimum atomic E-state index is -1.58. The minimum Gasteiger partial charge on any atom is -0.392 e. The Bertz CT molecular complexity index is 387.